The summed E-state index contributed by atoms with van der Waals surface area (Å²) in [6.07, 6.45) is 9.42. The highest BCUT2D eigenvalue weighted by atomic mass is 14.8. The number of nitrogens with two attached hydrogens (primary N) is 2. The van der Waals surface area contributed by atoms with Crippen molar-refractivity contribution in [3.05, 3.63) is 30.1 Å². The summed E-state index contributed by atoms with van der Waals surface area (Å²) >= 11 is 0. The molecule has 1 heterocycles. The second-order valence-electron chi connectivity index (χ2n) is 5.81. The monoisotopic (exact) mass is 231 g/mol. The summed E-state index contributed by atoms with van der Waals surface area (Å²) in [5.74, 6) is 1.29. The van der Waals surface area contributed by atoms with E-state index in [0.29, 0.717) is 17.9 Å². The van der Waals surface area contributed by atoms with Crippen molar-refractivity contribution in [1.82, 2.24) is 4.98 Å². The van der Waals surface area contributed by atoms with Crippen LogP contribution in [-0.4, -0.2) is 16.6 Å². The lowest BCUT2D eigenvalue weighted by molar-refractivity contribution is 0.239. The van der Waals surface area contributed by atoms with Gasteiger partial charge in [0.2, 0.25) is 0 Å². The van der Waals surface area contributed by atoms with Crippen LogP contribution < -0.4 is 11.5 Å². The molecule has 0 aromatic carbocycles. The van der Waals surface area contributed by atoms with Crippen molar-refractivity contribution in [1.29, 1.82) is 0 Å². The molecule has 0 amide bonds. The fraction of sp³-hybridized carbons (Fsp3) is 0.643. The SMILES string of the molecule is NC1CCC(N)(C2CC2c2cccnc2)CC1. The molecule has 2 aliphatic carbocycles. The Bertz CT molecular complexity index is 382. The van der Waals surface area contributed by atoms with Gasteiger partial charge in [-0.1, -0.05) is 6.07 Å². The zero-order valence-corrected chi connectivity index (χ0v) is 10.2. The number of nitrogens with zero attached hydrogens (tertiary/aromatic N) is 1. The number of rotatable bonds is 2. The average molecular weight is 231 g/mol. The van der Waals surface area contributed by atoms with Gasteiger partial charge in [-0.3, -0.25) is 4.98 Å². The lowest BCUT2D eigenvalue weighted by atomic mass is 9.76. The minimum Gasteiger partial charge on any atom is -0.328 e. The largest absolute Gasteiger partial charge is 0.328 e. The van der Waals surface area contributed by atoms with E-state index in [1.165, 1.54) is 12.0 Å². The van der Waals surface area contributed by atoms with Gasteiger partial charge in [0.15, 0.2) is 0 Å². The second-order valence-corrected chi connectivity index (χ2v) is 5.81. The van der Waals surface area contributed by atoms with Crippen LogP contribution in [0.25, 0.3) is 0 Å². The average Bonchev–Trinajstić information content (AvgIpc) is 3.15. The molecule has 3 nitrogen and oxygen atoms in total. The Morgan fingerprint density at radius 3 is 2.71 bits per heavy atom. The number of pyridine rings is 1. The van der Waals surface area contributed by atoms with Gasteiger partial charge >= 0.3 is 0 Å². The maximum absolute atomic E-state index is 6.58. The maximum atomic E-state index is 6.58. The van der Waals surface area contributed by atoms with Crippen LogP contribution >= 0.6 is 0 Å². The predicted octanol–water partition coefficient (Wildman–Crippen LogP) is 1.78. The molecular weight excluding hydrogens is 210 g/mol. The first-order valence-electron chi connectivity index (χ1n) is 6.63. The van der Waals surface area contributed by atoms with Crippen molar-refractivity contribution >= 4 is 0 Å². The van der Waals surface area contributed by atoms with E-state index in [9.17, 15) is 0 Å². The summed E-state index contributed by atoms with van der Waals surface area (Å²) in [7, 11) is 0. The Kier molecular flexibility index (Phi) is 2.68. The van der Waals surface area contributed by atoms with E-state index in [1.54, 1.807) is 0 Å². The zero-order chi connectivity index (χ0) is 11.9. The molecule has 0 bridgehead atoms. The van der Waals surface area contributed by atoms with Gasteiger partial charge in [0.05, 0.1) is 0 Å². The van der Waals surface area contributed by atoms with Crippen molar-refractivity contribution < 1.29 is 0 Å². The molecule has 0 saturated heterocycles. The zero-order valence-electron chi connectivity index (χ0n) is 10.2. The Hall–Kier alpha value is -0.930. The van der Waals surface area contributed by atoms with E-state index in [-0.39, 0.29) is 5.54 Å². The van der Waals surface area contributed by atoms with Crippen LogP contribution in [0.4, 0.5) is 0 Å². The van der Waals surface area contributed by atoms with Gasteiger partial charge in [-0.25, -0.2) is 0 Å². The fourth-order valence-electron chi connectivity index (χ4n) is 3.34. The predicted molar refractivity (Wildman–Crippen MR) is 68.4 cm³/mol. The maximum Gasteiger partial charge on any atom is 0.0302 e. The van der Waals surface area contributed by atoms with Crippen LogP contribution in [0.15, 0.2) is 24.5 Å². The van der Waals surface area contributed by atoms with Gasteiger partial charge in [-0.15, -0.1) is 0 Å². The third-order valence-electron chi connectivity index (χ3n) is 4.60. The van der Waals surface area contributed by atoms with Crippen molar-refractivity contribution in [2.45, 2.75) is 49.6 Å². The van der Waals surface area contributed by atoms with Crippen molar-refractivity contribution in [3.8, 4) is 0 Å². The second kappa shape index (κ2) is 4.07. The number of hydrogen-bond donors (Lipinski definition) is 2. The van der Waals surface area contributed by atoms with Gasteiger partial charge in [0, 0.05) is 24.0 Å². The molecule has 0 radical (unpaired) electrons. The first-order chi connectivity index (χ1) is 8.19. The van der Waals surface area contributed by atoms with Crippen molar-refractivity contribution in [3.63, 3.8) is 0 Å². The minimum absolute atomic E-state index is 0.0381. The normalized spacial score (nSPS) is 41.2. The van der Waals surface area contributed by atoms with Crippen molar-refractivity contribution in [2.75, 3.05) is 0 Å². The van der Waals surface area contributed by atoms with E-state index < -0.39 is 0 Å². The summed E-state index contributed by atoms with van der Waals surface area (Å²) < 4.78 is 0. The van der Waals surface area contributed by atoms with Crippen LogP contribution in [-0.2, 0) is 0 Å². The molecule has 2 fully saturated rings. The van der Waals surface area contributed by atoms with E-state index >= 15 is 0 Å². The first-order valence-corrected chi connectivity index (χ1v) is 6.63. The van der Waals surface area contributed by atoms with Gasteiger partial charge in [0.1, 0.15) is 0 Å². The van der Waals surface area contributed by atoms with E-state index in [2.05, 4.69) is 11.1 Å². The standard InChI is InChI=1S/C14H21N3/c15-11-3-5-14(16,6-4-11)13-8-12(13)10-2-1-7-17-9-10/h1-2,7,9,11-13H,3-6,8,15-16H2. The Morgan fingerprint density at radius 2 is 2.06 bits per heavy atom. The molecule has 2 aliphatic rings. The van der Waals surface area contributed by atoms with Gasteiger partial charge in [0.25, 0.3) is 0 Å². The number of hydrogen-bond acceptors (Lipinski definition) is 3. The number of aromatic nitrogens is 1. The van der Waals surface area contributed by atoms with E-state index in [0.717, 1.165) is 25.7 Å². The molecule has 1 aromatic heterocycles. The molecule has 3 rings (SSSR count). The quantitative estimate of drug-likeness (QED) is 0.815. The van der Waals surface area contributed by atoms with Crippen LogP contribution in [0.5, 0.6) is 0 Å². The molecule has 2 unspecified atom stereocenters. The van der Waals surface area contributed by atoms with E-state index in [4.69, 9.17) is 11.5 Å². The minimum atomic E-state index is 0.0381. The van der Waals surface area contributed by atoms with Gasteiger partial charge in [-0.2, -0.15) is 0 Å². The van der Waals surface area contributed by atoms with Crippen LogP contribution in [0.2, 0.25) is 0 Å². The van der Waals surface area contributed by atoms with Crippen LogP contribution in [0.3, 0.4) is 0 Å². The third-order valence-corrected chi connectivity index (χ3v) is 4.60. The lowest BCUT2D eigenvalue weighted by Crippen LogP contribution is -2.48. The molecular formula is C14H21N3. The Labute approximate surface area is 103 Å². The fourth-order valence-corrected chi connectivity index (χ4v) is 3.34. The molecule has 17 heavy (non-hydrogen) atoms. The third kappa shape index (κ3) is 2.09. The molecule has 2 saturated carbocycles. The molecule has 2 atom stereocenters. The summed E-state index contributed by atoms with van der Waals surface area (Å²) in [5, 5.41) is 0. The van der Waals surface area contributed by atoms with Crippen LogP contribution in [0, 0.1) is 5.92 Å². The topological polar surface area (TPSA) is 64.9 Å². The molecule has 92 valence electrons. The Morgan fingerprint density at radius 1 is 1.29 bits per heavy atom. The van der Waals surface area contributed by atoms with Gasteiger partial charge < -0.3 is 11.5 Å². The smallest absolute Gasteiger partial charge is 0.0302 e. The first kappa shape index (κ1) is 11.2. The molecule has 3 heteroatoms. The highest BCUT2D eigenvalue weighted by Gasteiger charge is 2.51. The summed E-state index contributed by atoms with van der Waals surface area (Å²) in [6, 6.07) is 4.57. The van der Waals surface area contributed by atoms with Crippen LogP contribution in [0.1, 0.15) is 43.6 Å². The van der Waals surface area contributed by atoms with Crippen molar-refractivity contribution in [2.24, 2.45) is 17.4 Å². The summed E-state index contributed by atoms with van der Waals surface area (Å²) in [4.78, 5) is 4.20. The molecule has 0 aliphatic heterocycles. The summed E-state index contributed by atoms with van der Waals surface area (Å²) in [5.41, 5.74) is 13.9. The van der Waals surface area contributed by atoms with E-state index in [1.807, 2.05) is 18.5 Å². The highest BCUT2D eigenvalue weighted by Crippen LogP contribution is 2.55. The molecule has 1 aromatic rings. The van der Waals surface area contributed by atoms with Gasteiger partial charge in [-0.05, 0) is 55.6 Å². The highest BCUT2D eigenvalue weighted by molar-refractivity contribution is 5.26. The molecule has 0 spiro atoms. The summed E-state index contributed by atoms with van der Waals surface area (Å²) in [6.45, 7) is 0. The lowest BCUT2D eigenvalue weighted by Gasteiger charge is -2.36. The Balaban J connectivity index is 1.68. The molecule has 4 N–H and O–H groups in total.